The minimum Gasteiger partial charge on any atom is -0.478 e. The van der Waals surface area contributed by atoms with Gasteiger partial charge in [-0.3, -0.25) is 5.32 Å². The van der Waals surface area contributed by atoms with E-state index in [4.69, 9.17) is 9.84 Å². The van der Waals surface area contributed by atoms with Crippen LogP contribution in [0.5, 0.6) is 0 Å². The Morgan fingerprint density at radius 1 is 1.65 bits per heavy atom. The lowest BCUT2D eigenvalue weighted by Gasteiger charge is -2.03. The first-order valence-corrected chi connectivity index (χ1v) is 5.80. The maximum Gasteiger partial charge on any atom is 0.412 e. The second kappa shape index (κ2) is 6.05. The van der Waals surface area contributed by atoms with Gasteiger partial charge in [0.05, 0.1) is 5.56 Å². The number of carboxylic acid groups (broad SMARTS) is 1. The van der Waals surface area contributed by atoms with E-state index in [2.05, 4.69) is 11.9 Å². The second-order valence-corrected chi connectivity index (χ2v) is 4.26. The number of nitrogens with one attached hydrogen (secondary N) is 1. The second-order valence-electron chi connectivity index (χ2n) is 3.13. The average Bonchev–Trinajstić information content (AvgIpc) is 2.69. The van der Waals surface area contributed by atoms with E-state index in [0.29, 0.717) is 11.4 Å². The van der Waals surface area contributed by atoms with Gasteiger partial charge in [0.2, 0.25) is 0 Å². The van der Waals surface area contributed by atoms with Gasteiger partial charge in [0.25, 0.3) is 0 Å². The highest BCUT2D eigenvalue weighted by atomic mass is 32.1. The smallest absolute Gasteiger partial charge is 0.412 e. The van der Waals surface area contributed by atoms with Gasteiger partial charge < -0.3 is 9.84 Å². The highest BCUT2D eigenvalue weighted by Crippen LogP contribution is 2.28. The molecule has 1 aromatic rings. The first-order chi connectivity index (χ1) is 8.08. The number of hydrogen-bond donors (Lipinski definition) is 2. The summed E-state index contributed by atoms with van der Waals surface area (Å²) in [7, 11) is 0. The number of anilines is 1. The Morgan fingerprint density at radius 3 is 2.88 bits per heavy atom. The summed E-state index contributed by atoms with van der Waals surface area (Å²) >= 11 is 1.23. The normalized spacial score (nSPS) is 9.71. The van der Waals surface area contributed by atoms with Crippen LogP contribution in [0.2, 0.25) is 0 Å². The van der Waals surface area contributed by atoms with Crippen molar-refractivity contribution in [3.05, 3.63) is 29.2 Å². The average molecular weight is 255 g/mol. The van der Waals surface area contributed by atoms with Crippen LogP contribution in [0.1, 0.15) is 22.2 Å². The Kier molecular flexibility index (Phi) is 4.71. The molecule has 1 rings (SSSR count). The molecule has 0 aliphatic rings. The van der Waals surface area contributed by atoms with Crippen molar-refractivity contribution in [2.45, 2.75) is 13.3 Å². The zero-order valence-electron chi connectivity index (χ0n) is 9.36. The summed E-state index contributed by atoms with van der Waals surface area (Å²) in [6.07, 6.45) is 1.47. The van der Waals surface area contributed by atoms with Gasteiger partial charge in [0, 0.05) is 4.88 Å². The highest BCUT2D eigenvalue weighted by Gasteiger charge is 2.16. The molecule has 0 fully saturated rings. The van der Waals surface area contributed by atoms with Crippen LogP contribution < -0.4 is 5.32 Å². The number of amides is 1. The van der Waals surface area contributed by atoms with Crippen LogP contribution in [0, 0.1) is 0 Å². The number of carboxylic acids is 1. The predicted octanol–water partition coefficient (Wildman–Crippen LogP) is 2.74. The SMILES string of the molecule is C=CCOC(=O)Nc1sc(CC)cc1C(=O)O. The standard InChI is InChI=1S/C11H13NO4S/c1-3-5-16-11(15)12-9-8(10(13)14)6-7(4-2)17-9/h3,6H,1,4-5H2,2H3,(H,12,15)(H,13,14). The van der Waals surface area contributed by atoms with Crippen LogP contribution in [-0.4, -0.2) is 23.8 Å². The topological polar surface area (TPSA) is 75.6 Å². The summed E-state index contributed by atoms with van der Waals surface area (Å²) < 4.78 is 4.72. The van der Waals surface area contributed by atoms with E-state index < -0.39 is 12.1 Å². The quantitative estimate of drug-likeness (QED) is 0.793. The van der Waals surface area contributed by atoms with Gasteiger partial charge in [-0.25, -0.2) is 9.59 Å². The Hall–Kier alpha value is -1.82. The van der Waals surface area contributed by atoms with E-state index in [-0.39, 0.29) is 12.2 Å². The Morgan fingerprint density at radius 2 is 2.35 bits per heavy atom. The predicted molar refractivity (Wildman–Crippen MR) is 65.8 cm³/mol. The van der Waals surface area contributed by atoms with Crippen molar-refractivity contribution in [2.24, 2.45) is 0 Å². The molecule has 1 amide bonds. The number of ether oxygens (including phenoxy) is 1. The first kappa shape index (κ1) is 13.2. The molecule has 2 N–H and O–H groups in total. The van der Waals surface area contributed by atoms with E-state index in [1.807, 2.05) is 6.92 Å². The molecule has 1 heterocycles. The molecule has 0 atom stereocenters. The lowest BCUT2D eigenvalue weighted by atomic mass is 10.2. The van der Waals surface area contributed by atoms with Crippen LogP contribution in [0.25, 0.3) is 0 Å². The molecule has 0 aromatic carbocycles. The summed E-state index contributed by atoms with van der Waals surface area (Å²) in [4.78, 5) is 23.1. The summed E-state index contributed by atoms with van der Waals surface area (Å²) in [5.41, 5.74) is 0.0856. The zero-order valence-corrected chi connectivity index (χ0v) is 10.2. The molecule has 0 saturated heterocycles. The molecule has 92 valence electrons. The van der Waals surface area contributed by atoms with Gasteiger partial charge in [-0.1, -0.05) is 19.6 Å². The molecular weight excluding hydrogens is 242 g/mol. The molecule has 6 heteroatoms. The fourth-order valence-corrected chi connectivity index (χ4v) is 2.11. The number of rotatable bonds is 5. The lowest BCUT2D eigenvalue weighted by Crippen LogP contribution is -2.14. The van der Waals surface area contributed by atoms with E-state index in [1.165, 1.54) is 17.4 Å². The lowest BCUT2D eigenvalue weighted by molar-refractivity contribution is 0.0698. The van der Waals surface area contributed by atoms with Crippen LogP contribution in [0.3, 0.4) is 0 Å². The summed E-state index contributed by atoms with van der Waals surface area (Å²) in [6.45, 7) is 5.40. The monoisotopic (exact) mass is 255 g/mol. The third-order valence-corrected chi connectivity index (χ3v) is 3.10. The molecule has 0 unspecified atom stereocenters. The first-order valence-electron chi connectivity index (χ1n) is 4.99. The van der Waals surface area contributed by atoms with Crippen molar-refractivity contribution in [1.82, 2.24) is 0 Å². The molecule has 0 saturated carbocycles. The fraction of sp³-hybridized carbons (Fsp3) is 0.273. The summed E-state index contributed by atoms with van der Waals surface area (Å²) in [5, 5.41) is 11.7. The minimum absolute atomic E-state index is 0.0836. The fourth-order valence-electron chi connectivity index (χ4n) is 1.13. The number of hydrogen-bond acceptors (Lipinski definition) is 4. The molecule has 0 spiro atoms. The maximum absolute atomic E-state index is 11.3. The molecule has 0 aliphatic heterocycles. The van der Waals surface area contributed by atoms with E-state index in [9.17, 15) is 9.59 Å². The number of aromatic carboxylic acids is 1. The zero-order chi connectivity index (χ0) is 12.8. The minimum atomic E-state index is -1.07. The summed E-state index contributed by atoms with van der Waals surface area (Å²) in [5.74, 6) is -1.07. The van der Waals surface area contributed by atoms with Crippen LogP contribution in [-0.2, 0) is 11.2 Å². The van der Waals surface area contributed by atoms with Crippen LogP contribution in [0.15, 0.2) is 18.7 Å². The Labute approximate surface area is 103 Å². The Bertz CT molecular complexity index is 439. The number of carbonyl (C=O) groups is 2. The van der Waals surface area contributed by atoms with E-state index >= 15 is 0 Å². The van der Waals surface area contributed by atoms with Gasteiger partial charge in [-0.05, 0) is 12.5 Å². The molecular formula is C11H13NO4S. The van der Waals surface area contributed by atoms with Crippen molar-refractivity contribution < 1.29 is 19.4 Å². The third kappa shape index (κ3) is 3.60. The van der Waals surface area contributed by atoms with Gasteiger partial charge in [-0.15, -0.1) is 11.3 Å². The molecule has 0 radical (unpaired) electrons. The molecule has 0 aliphatic carbocycles. The highest BCUT2D eigenvalue weighted by molar-refractivity contribution is 7.16. The van der Waals surface area contributed by atoms with Crippen LogP contribution >= 0.6 is 11.3 Å². The molecule has 1 aromatic heterocycles. The van der Waals surface area contributed by atoms with Gasteiger partial charge in [0.15, 0.2) is 0 Å². The Balaban J connectivity index is 2.81. The largest absolute Gasteiger partial charge is 0.478 e. The van der Waals surface area contributed by atoms with E-state index in [0.717, 1.165) is 4.88 Å². The molecule has 0 bridgehead atoms. The van der Waals surface area contributed by atoms with Crippen molar-refractivity contribution in [3.8, 4) is 0 Å². The van der Waals surface area contributed by atoms with Gasteiger partial charge in [0.1, 0.15) is 11.6 Å². The van der Waals surface area contributed by atoms with Crippen molar-refractivity contribution >= 4 is 28.4 Å². The van der Waals surface area contributed by atoms with Gasteiger partial charge >= 0.3 is 12.1 Å². The number of thiophene rings is 1. The van der Waals surface area contributed by atoms with Crippen molar-refractivity contribution in [1.29, 1.82) is 0 Å². The van der Waals surface area contributed by atoms with Crippen LogP contribution in [0.4, 0.5) is 9.80 Å². The van der Waals surface area contributed by atoms with Crippen molar-refractivity contribution in [2.75, 3.05) is 11.9 Å². The van der Waals surface area contributed by atoms with E-state index in [1.54, 1.807) is 6.07 Å². The number of carbonyl (C=O) groups excluding carboxylic acids is 1. The number of aryl methyl sites for hydroxylation is 1. The van der Waals surface area contributed by atoms with Crippen molar-refractivity contribution in [3.63, 3.8) is 0 Å². The third-order valence-electron chi connectivity index (χ3n) is 1.91. The summed E-state index contributed by atoms with van der Waals surface area (Å²) in [6, 6.07) is 1.55. The van der Waals surface area contributed by atoms with Gasteiger partial charge in [-0.2, -0.15) is 0 Å². The maximum atomic E-state index is 11.3. The molecule has 5 nitrogen and oxygen atoms in total. The molecule has 17 heavy (non-hydrogen) atoms.